The van der Waals surface area contributed by atoms with E-state index in [2.05, 4.69) is 11.9 Å². The molecule has 0 N–H and O–H groups in total. The van der Waals surface area contributed by atoms with E-state index in [9.17, 15) is 4.79 Å². The normalized spacial score (nSPS) is 10.4. The third-order valence-corrected chi connectivity index (χ3v) is 4.19. The number of aryl methyl sites for hydroxylation is 1. The van der Waals surface area contributed by atoms with Gasteiger partial charge in [-0.25, -0.2) is 0 Å². The zero-order chi connectivity index (χ0) is 13.7. The van der Waals surface area contributed by atoms with Crippen LogP contribution in [0.2, 0.25) is 0 Å². The summed E-state index contributed by atoms with van der Waals surface area (Å²) in [6.45, 7) is 5.35. The van der Waals surface area contributed by atoms with E-state index in [1.807, 2.05) is 42.2 Å². The van der Waals surface area contributed by atoms with Crippen LogP contribution in [0.5, 0.6) is 0 Å². The summed E-state index contributed by atoms with van der Waals surface area (Å²) in [7, 11) is 0. The molecule has 0 aliphatic rings. The fraction of sp³-hybridized carbons (Fsp3) is 0.333. The minimum atomic E-state index is 0.0952. The predicted molar refractivity (Wildman–Crippen MR) is 78.3 cm³/mol. The Labute approximate surface area is 117 Å². The van der Waals surface area contributed by atoms with Crippen molar-refractivity contribution in [3.8, 4) is 0 Å². The zero-order valence-electron chi connectivity index (χ0n) is 11.3. The highest BCUT2D eigenvalue weighted by atomic mass is 32.1. The van der Waals surface area contributed by atoms with Gasteiger partial charge in [-0.05, 0) is 37.6 Å². The Balaban J connectivity index is 2.11. The molecule has 0 bridgehead atoms. The number of aromatic nitrogens is 1. The van der Waals surface area contributed by atoms with Crippen molar-refractivity contribution in [3.05, 3.63) is 52.0 Å². The van der Waals surface area contributed by atoms with E-state index in [-0.39, 0.29) is 5.91 Å². The van der Waals surface area contributed by atoms with Crippen molar-refractivity contribution in [1.82, 2.24) is 9.88 Å². The van der Waals surface area contributed by atoms with Gasteiger partial charge in [-0.1, -0.05) is 13.0 Å². The predicted octanol–water partition coefficient (Wildman–Crippen LogP) is 3.37. The van der Waals surface area contributed by atoms with Gasteiger partial charge in [0.1, 0.15) is 0 Å². The maximum Gasteiger partial charge on any atom is 0.264 e. The minimum Gasteiger partial charge on any atom is -0.332 e. The Hall–Kier alpha value is -1.68. The van der Waals surface area contributed by atoms with Crippen LogP contribution in [0.3, 0.4) is 0 Å². The van der Waals surface area contributed by atoms with Gasteiger partial charge in [0.15, 0.2) is 0 Å². The molecule has 100 valence electrons. The number of carbonyl (C=O) groups excluding carboxylic acids is 1. The summed E-state index contributed by atoms with van der Waals surface area (Å²) in [4.78, 5) is 20.6. The maximum atomic E-state index is 12.4. The summed E-state index contributed by atoms with van der Waals surface area (Å²) >= 11 is 1.58. The Morgan fingerprint density at radius 2 is 2.11 bits per heavy atom. The van der Waals surface area contributed by atoms with E-state index >= 15 is 0 Å². The molecule has 2 aromatic heterocycles. The van der Waals surface area contributed by atoms with Gasteiger partial charge in [0.05, 0.1) is 17.1 Å². The highest BCUT2D eigenvalue weighted by Gasteiger charge is 2.16. The smallest absolute Gasteiger partial charge is 0.264 e. The summed E-state index contributed by atoms with van der Waals surface area (Å²) in [5, 5.41) is 0. The maximum absolute atomic E-state index is 12.4. The van der Waals surface area contributed by atoms with E-state index in [1.165, 1.54) is 4.88 Å². The van der Waals surface area contributed by atoms with Crippen LogP contribution in [0.15, 0.2) is 36.5 Å². The summed E-state index contributed by atoms with van der Waals surface area (Å²) < 4.78 is 0. The van der Waals surface area contributed by atoms with E-state index in [0.717, 1.165) is 17.0 Å². The number of hydrogen-bond acceptors (Lipinski definition) is 3. The lowest BCUT2D eigenvalue weighted by Crippen LogP contribution is -2.30. The largest absolute Gasteiger partial charge is 0.332 e. The van der Waals surface area contributed by atoms with E-state index in [1.54, 1.807) is 17.5 Å². The SMILES string of the molecule is CCc1ccc(C(=O)N(CC)Cc2ccccn2)s1. The lowest BCUT2D eigenvalue weighted by atomic mass is 10.3. The molecule has 0 unspecified atom stereocenters. The first-order chi connectivity index (χ1) is 9.24. The monoisotopic (exact) mass is 274 g/mol. The quantitative estimate of drug-likeness (QED) is 0.837. The van der Waals surface area contributed by atoms with Crippen molar-refractivity contribution in [2.75, 3.05) is 6.54 Å². The molecule has 0 fully saturated rings. The van der Waals surface area contributed by atoms with Crippen molar-refractivity contribution in [2.45, 2.75) is 26.8 Å². The molecule has 0 aromatic carbocycles. The summed E-state index contributed by atoms with van der Waals surface area (Å²) in [5.74, 6) is 0.0952. The molecule has 2 rings (SSSR count). The number of pyridine rings is 1. The molecule has 0 spiro atoms. The zero-order valence-corrected chi connectivity index (χ0v) is 12.1. The summed E-state index contributed by atoms with van der Waals surface area (Å²) in [6.07, 6.45) is 2.73. The molecular formula is C15H18N2OS. The van der Waals surface area contributed by atoms with E-state index < -0.39 is 0 Å². The fourth-order valence-corrected chi connectivity index (χ4v) is 2.77. The lowest BCUT2D eigenvalue weighted by molar-refractivity contribution is 0.0755. The second-order valence-corrected chi connectivity index (χ2v) is 5.43. The molecule has 0 saturated heterocycles. The first-order valence-corrected chi connectivity index (χ1v) is 7.34. The van der Waals surface area contributed by atoms with Gasteiger partial charge in [0.2, 0.25) is 0 Å². The molecule has 0 radical (unpaired) electrons. The second kappa shape index (κ2) is 6.48. The lowest BCUT2D eigenvalue weighted by Gasteiger charge is -2.19. The first-order valence-electron chi connectivity index (χ1n) is 6.52. The average Bonchev–Trinajstić information content (AvgIpc) is 2.94. The van der Waals surface area contributed by atoms with Crippen molar-refractivity contribution >= 4 is 17.2 Å². The van der Waals surface area contributed by atoms with Crippen LogP contribution in [-0.2, 0) is 13.0 Å². The molecule has 0 aliphatic heterocycles. The highest BCUT2D eigenvalue weighted by molar-refractivity contribution is 7.14. The average molecular weight is 274 g/mol. The van der Waals surface area contributed by atoms with E-state index in [0.29, 0.717) is 13.1 Å². The molecule has 0 atom stereocenters. The fourth-order valence-electron chi connectivity index (χ4n) is 1.85. The van der Waals surface area contributed by atoms with Gasteiger partial charge in [0.25, 0.3) is 5.91 Å². The Kier molecular flexibility index (Phi) is 4.68. The van der Waals surface area contributed by atoms with Crippen LogP contribution in [0.25, 0.3) is 0 Å². The van der Waals surface area contributed by atoms with Crippen molar-refractivity contribution in [1.29, 1.82) is 0 Å². The number of thiophene rings is 1. The summed E-state index contributed by atoms with van der Waals surface area (Å²) in [6, 6.07) is 9.73. The topological polar surface area (TPSA) is 33.2 Å². The van der Waals surface area contributed by atoms with Crippen LogP contribution < -0.4 is 0 Å². The van der Waals surface area contributed by atoms with Crippen LogP contribution in [-0.4, -0.2) is 22.3 Å². The van der Waals surface area contributed by atoms with E-state index in [4.69, 9.17) is 0 Å². The van der Waals surface area contributed by atoms with Crippen molar-refractivity contribution < 1.29 is 4.79 Å². The molecule has 0 saturated carbocycles. The van der Waals surface area contributed by atoms with Gasteiger partial charge in [-0.2, -0.15) is 0 Å². The Morgan fingerprint density at radius 1 is 1.26 bits per heavy atom. The van der Waals surface area contributed by atoms with Gasteiger partial charge >= 0.3 is 0 Å². The van der Waals surface area contributed by atoms with Crippen LogP contribution in [0, 0.1) is 0 Å². The van der Waals surface area contributed by atoms with Gasteiger partial charge < -0.3 is 4.90 Å². The first kappa shape index (κ1) is 13.7. The molecule has 19 heavy (non-hydrogen) atoms. The van der Waals surface area contributed by atoms with Crippen LogP contribution >= 0.6 is 11.3 Å². The number of hydrogen-bond donors (Lipinski definition) is 0. The summed E-state index contributed by atoms with van der Waals surface area (Å²) in [5.41, 5.74) is 0.921. The third kappa shape index (κ3) is 3.41. The van der Waals surface area contributed by atoms with Crippen LogP contribution in [0.4, 0.5) is 0 Å². The van der Waals surface area contributed by atoms with Crippen molar-refractivity contribution in [3.63, 3.8) is 0 Å². The minimum absolute atomic E-state index is 0.0952. The Bertz CT molecular complexity index is 536. The van der Waals surface area contributed by atoms with Gasteiger partial charge in [0, 0.05) is 17.6 Å². The molecule has 3 nitrogen and oxygen atoms in total. The molecule has 2 aromatic rings. The number of amides is 1. The number of carbonyl (C=O) groups is 1. The Morgan fingerprint density at radius 3 is 2.68 bits per heavy atom. The number of nitrogens with zero attached hydrogens (tertiary/aromatic N) is 2. The number of rotatable bonds is 5. The van der Waals surface area contributed by atoms with Crippen LogP contribution in [0.1, 0.15) is 34.1 Å². The van der Waals surface area contributed by atoms with Crippen molar-refractivity contribution in [2.24, 2.45) is 0 Å². The molecule has 4 heteroatoms. The highest BCUT2D eigenvalue weighted by Crippen LogP contribution is 2.19. The molecule has 1 amide bonds. The standard InChI is InChI=1S/C15H18N2OS/c1-3-13-8-9-14(19-13)15(18)17(4-2)11-12-7-5-6-10-16-12/h5-10H,3-4,11H2,1-2H3. The third-order valence-electron chi connectivity index (χ3n) is 2.97. The van der Waals surface area contributed by atoms with Gasteiger partial charge in [-0.15, -0.1) is 11.3 Å². The van der Waals surface area contributed by atoms with Gasteiger partial charge in [-0.3, -0.25) is 9.78 Å². The molecular weight excluding hydrogens is 256 g/mol. The molecule has 0 aliphatic carbocycles. The second-order valence-electron chi connectivity index (χ2n) is 4.26. The molecule has 2 heterocycles.